The molecule has 0 aromatic heterocycles. The van der Waals surface area contributed by atoms with Crippen molar-refractivity contribution in [3.8, 4) is 5.75 Å². The predicted molar refractivity (Wildman–Crippen MR) is 107 cm³/mol. The van der Waals surface area contributed by atoms with Gasteiger partial charge in [0.25, 0.3) is 0 Å². The molecule has 3 aromatic carbocycles. The van der Waals surface area contributed by atoms with Gasteiger partial charge in [-0.2, -0.15) is 0 Å². The van der Waals surface area contributed by atoms with Crippen LogP contribution in [0.1, 0.15) is 16.7 Å². The zero-order valence-corrected chi connectivity index (χ0v) is 15.8. The Labute approximate surface area is 168 Å². The van der Waals surface area contributed by atoms with E-state index in [1.807, 2.05) is 42.5 Å². The van der Waals surface area contributed by atoms with Crippen molar-refractivity contribution < 1.29 is 18.3 Å². The van der Waals surface area contributed by atoms with Gasteiger partial charge in [0.05, 0.1) is 11.6 Å². The number of ether oxygens (including phenoxy) is 1. The lowest BCUT2D eigenvalue weighted by molar-refractivity contribution is -0.120. The summed E-state index contributed by atoms with van der Waals surface area (Å²) in [5.74, 6) is -1.20. The molecule has 3 N–H and O–H groups in total. The van der Waals surface area contributed by atoms with Crippen LogP contribution in [0.15, 0.2) is 72.8 Å². The molecule has 1 atom stereocenters. The number of carbonyl (C=O) groups is 1. The van der Waals surface area contributed by atoms with E-state index in [9.17, 15) is 13.6 Å². The minimum atomic E-state index is -0.637. The van der Waals surface area contributed by atoms with Crippen LogP contribution in [0.25, 0.3) is 0 Å². The maximum atomic E-state index is 13.6. The third-order valence-electron chi connectivity index (χ3n) is 4.55. The fourth-order valence-electron chi connectivity index (χ4n) is 2.89. The molecule has 150 valence electrons. The minimum absolute atomic E-state index is 0.108. The minimum Gasteiger partial charge on any atom is -0.489 e. The summed E-state index contributed by atoms with van der Waals surface area (Å²) < 4.78 is 32.8. The summed E-state index contributed by atoms with van der Waals surface area (Å²) in [4.78, 5) is 11.7. The van der Waals surface area contributed by atoms with E-state index in [1.165, 1.54) is 18.2 Å². The number of benzene rings is 3. The number of halogens is 2. The SMILES string of the molecule is NC(=O)[C@@H](Cc1ccccc1)NCc1ccc(OCc2c(F)cccc2F)cc1. The summed E-state index contributed by atoms with van der Waals surface area (Å²) >= 11 is 0. The first kappa shape index (κ1) is 20.5. The number of nitrogens with one attached hydrogen (secondary N) is 1. The quantitative estimate of drug-likeness (QED) is 0.579. The average Bonchev–Trinajstić information content (AvgIpc) is 2.72. The molecule has 1 amide bonds. The van der Waals surface area contributed by atoms with Crippen molar-refractivity contribution in [2.75, 3.05) is 0 Å². The second-order valence-corrected chi connectivity index (χ2v) is 6.66. The van der Waals surface area contributed by atoms with Crippen LogP contribution in [0.4, 0.5) is 8.78 Å². The van der Waals surface area contributed by atoms with E-state index in [0.29, 0.717) is 18.7 Å². The molecule has 0 bridgehead atoms. The van der Waals surface area contributed by atoms with Crippen LogP contribution in [0.5, 0.6) is 5.75 Å². The number of hydrogen-bond acceptors (Lipinski definition) is 3. The van der Waals surface area contributed by atoms with Crippen molar-refractivity contribution in [2.24, 2.45) is 5.73 Å². The molecule has 0 aliphatic rings. The standard InChI is InChI=1S/C23H22F2N2O2/c24-20-7-4-8-21(25)19(20)15-29-18-11-9-17(10-12-18)14-27-22(23(26)28)13-16-5-2-1-3-6-16/h1-12,22,27H,13-15H2,(H2,26,28)/t22-/m1/s1. The molecule has 0 spiro atoms. The Kier molecular flexibility index (Phi) is 6.92. The molecule has 3 aromatic rings. The van der Waals surface area contributed by atoms with Crippen LogP contribution in [0.2, 0.25) is 0 Å². The van der Waals surface area contributed by atoms with E-state index >= 15 is 0 Å². The fraction of sp³-hybridized carbons (Fsp3) is 0.174. The van der Waals surface area contributed by atoms with Gasteiger partial charge in [-0.3, -0.25) is 4.79 Å². The monoisotopic (exact) mass is 396 g/mol. The summed E-state index contributed by atoms with van der Waals surface area (Å²) in [6, 6.07) is 19.9. The molecule has 0 aliphatic carbocycles. The molecule has 0 unspecified atom stereocenters. The van der Waals surface area contributed by atoms with E-state index in [0.717, 1.165) is 11.1 Å². The number of amides is 1. The molecule has 29 heavy (non-hydrogen) atoms. The van der Waals surface area contributed by atoms with Gasteiger partial charge < -0.3 is 15.8 Å². The molecular formula is C23H22F2N2O2. The Morgan fingerprint density at radius 2 is 1.55 bits per heavy atom. The average molecular weight is 396 g/mol. The summed E-state index contributed by atoms with van der Waals surface area (Å²) in [6.45, 7) is 0.250. The Hall–Kier alpha value is -3.25. The zero-order valence-electron chi connectivity index (χ0n) is 15.8. The van der Waals surface area contributed by atoms with E-state index in [1.54, 1.807) is 12.1 Å². The van der Waals surface area contributed by atoms with Gasteiger partial charge >= 0.3 is 0 Å². The number of primary amides is 1. The van der Waals surface area contributed by atoms with Crippen molar-refractivity contribution in [3.05, 3.63) is 101 Å². The van der Waals surface area contributed by atoms with Gasteiger partial charge in [-0.25, -0.2) is 8.78 Å². The Morgan fingerprint density at radius 1 is 0.897 bits per heavy atom. The van der Waals surface area contributed by atoms with Crippen LogP contribution in [0, 0.1) is 11.6 Å². The van der Waals surface area contributed by atoms with Crippen molar-refractivity contribution >= 4 is 5.91 Å². The molecule has 0 aliphatic heterocycles. The Balaban J connectivity index is 1.55. The van der Waals surface area contributed by atoms with Crippen molar-refractivity contribution in [3.63, 3.8) is 0 Å². The summed E-state index contributed by atoms with van der Waals surface area (Å²) in [5.41, 5.74) is 7.35. The van der Waals surface area contributed by atoms with Crippen LogP contribution < -0.4 is 15.8 Å². The third-order valence-corrected chi connectivity index (χ3v) is 4.55. The molecule has 0 saturated heterocycles. The van der Waals surface area contributed by atoms with E-state index in [2.05, 4.69) is 5.32 Å². The summed E-state index contributed by atoms with van der Waals surface area (Å²) in [7, 11) is 0. The highest BCUT2D eigenvalue weighted by molar-refractivity contribution is 5.80. The van der Waals surface area contributed by atoms with Crippen molar-refractivity contribution in [1.82, 2.24) is 5.32 Å². The largest absolute Gasteiger partial charge is 0.489 e. The van der Waals surface area contributed by atoms with Crippen LogP contribution >= 0.6 is 0 Å². The first-order valence-electron chi connectivity index (χ1n) is 9.24. The van der Waals surface area contributed by atoms with Crippen LogP contribution in [-0.2, 0) is 24.4 Å². The van der Waals surface area contributed by atoms with Gasteiger partial charge in [0, 0.05) is 6.54 Å². The number of rotatable bonds is 9. The second kappa shape index (κ2) is 9.80. The predicted octanol–water partition coefficient (Wildman–Crippen LogP) is 3.73. The van der Waals surface area contributed by atoms with Gasteiger partial charge in [0.1, 0.15) is 24.0 Å². The highest BCUT2D eigenvalue weighted by Gasteiger charge is 2.15. The van der Waals surface area contributed by atoms with Crippen LogP contribution in [-0.4, -0.2) is 11.9 Å². The number of carbonyl (C=O) groups excluding carboxylic acids is 1. The Bertz CT molecular complexity index is 927. The lowest BCUT2D eigenvalue weighted by atomic mass is 10.1. The lowest BCUT2D eigenvalue weighted by Gasteiger charge is -2.16. The molecule has 6 heteroatoms. The fourth-order valence-corrected chi connectivity index (χ4v) is 2.89. The van der Waals surface area contributed by atoms with Gasteiger partial charge in [0.2, 0.25) is 5.91 Å². The summed E-state index contributed by atoms with van der Waals surface area (Å²) in [5, 5.41) is 3.16. The van der Waals surface area contributed by atoms with Crippen molar-refractivity contribution in [1.29, 1.82) is 0 Å². The highest BCUT2D eigenvalue weighted by Crippen LogP contribution is 2.18. The molecule has 4 nitrogen and oxygen atoms in total. The van der Waals surface area contributed by atoms with Gasteiger partial charge in [-0.1, -0.05) is 48.5 Å². The van der Waals surface area contributed by atoms with E-state index in [-0.39, 0.29) is 12.2 Å². The molecular weight excluding hydrogens is 374 g/mol. The third kappa shape index (κ3) is 5.86. The molecule has 3 rings (SSSR count). The smallest absolute Gasteiger partial charge is 0.234 e. The maximum Gasteiger partial charge on any atom is 0.234 e. The molecule has 0 heterocycles. The first-order chi connectivity index (χ1) is 14.0. The number of nitrogens with two attached hydrogens (primary N) is 1. The lowest BCUT2D eigenvalue weighted by Crippen LogP contribution is -2.42. The van der Waals surface area contributed by atoms with E-state index in [4.69, 9.17) is 10.5 Å². The highest BCUT2D eigenvalue weighted by atomic mass is 19.1. The number of hydrogen-bond donors (Lipinski definition) is 2. The van der Waals surface area contributed by atoms with Gasteiger partial charge in [-0.05, 0) is 41.8 Å². The maximum absolute atomic E-state index is 13.6. The van der Waals surface area contributed by atoms with Crippen molar-refractivity contribution in [2.45, 2.75) is 25.6 Å². The Morgan fingerprint density at radius 3 is 2.17 bits per heavy atom. The molecule has 0 saturated carbocycles. The topological polar surface area (TPSA) is 64.4 Å². The van der Waals surface area contributed by atoms with Gasteiger partial charge in [-0.15, -0.1) is 0 Å². The van der Waals surface area contributed by atoms with E-state index < -0.39 is 23.6 Å². The normalized spacial score (nSPS) is 11.8. The molecule has 0 radical (unpaired) electrons. The van der Waals surface area contributed by atoms with Crippen LogP contribution in [0.3, 0.4) is 0 Å². The first-order valence-corrected chi connectivity index (χ1v) is 9.24. The second-order valence-electron chi connectivity index (χ2n) is 6.66. The zero-order chi connectivity index (χ0) is 20.6. The summed E-state index contributed by atoms with van der Waals surface area (Å²) in [6.07, 6.45) is 0.506. The van der Waals surface area contributed by atoms with Gasteiger partial charge in [0.15, 0.2) is 0 Å². The molecule has 0 fully saturated rings.